The number of carboxylic acids is 1. The van der Waals surface area contributed by atoms with Crippen molar-refractivity contribution < 1.29 is 19.4 Å². The molecule has 1 fully saturated rings. The van der Waals surface area contributed by atoms with Gasteiger partial charge in [0.1, 0.15) is 5.75 Å². The summed E-state index contributed by atoms with van der Waals surface area (Å²) in [6, 6.07) is 8.02. The molecule has 1 aromatic carbocycles. The number of hydrogen-bond acceptors (Lipinski definition) is 4. The number of rotatable bonds is 10. The minimum atomic E-state index is -0.806. The lowest BCUT2D eigenvalue weighted by Gasteiger charge is -2.42. The van der Waals surface area contributed by atoms with Crippen molar-refractivity contribution in [3.05, 3.63) is 29.8 Å². The molecule has 138 valence electrons. The van der Waals surface area contributed by atoms with E-state index in [2.05, 4.69) is 12.2 Å². The summed E-state index contributed by atoms with van der Waals surface area (Å²) >= 11 is 0. The van der Waals surface area contributed by atoms with Gasteiger partial charge in [0, 0.05) is 12.1 Å². The molecule has 0 radical (unpaired) electrons. The number of hydrogen-bond donors (Lipinski definition) is 2. The average molecular weight is 348 g/mol. The van der Waals surface area contributed by atoms with Gasteiger partial charge in [-0.3, -0.25) is 14.5 Å². The van der Waals surface area contributed by atoms with Crippen molar-refractivity contribution in [2.45, 2.75) is 51.6 Å². The minimum Gasteiger partial charge on any atom is -0.494 e. The van der Waals surface area contributed by atoms with E-state index >= 15 is 0 Å². The summed E-state index contributed by atoms with van der Waals surface area (Å²) < 4.78 is 5.59. The van der Waals surface area contributed by atoms with Crippen LogP contribution in [0.2, 0.25) is 0 Å². The van der Waals surface area contributed by atoms with Crippen molar-refractivity contribution in [1.82, 2.24) is 10.2 Å². The molecule has 1 aromatic rings. The van der Waals surface area contributed by atoms with Gasteiger partial charge in [-0.05, 0) is 43.5 Å². The van der Waals surface area contributed by atoms with Crippen molar-refractivity contribution in [2.24, 2.45) is 0 Å². The number of carbonyl (C=O) groups excluding carboxylic acids is 1. The third kappa shape index (κ3) is 6.05. The van der Waals surface area contributed by atoms with Crippen molar-refractivity contribution in [3.63, 3.8) is 0 Å². The number of benzene rings is 1. The Morgan fingerprint density at radius 2 is 2.08 bits per heavy atom. The van der Waals surface area contributed by atoms with Crippen LogP contribution in [0.15, 0.2) is 24.3 Å². The molecule has 0 spiro atoms. The van der Waals surface area contributed by atoms with Crippen molar-refractivity contribution >= 4 is 11.9 Å². The molecule has 2 N–H and O–H groups in total. The Labute approximate surface area is 149 Å². The number of ether oxygens (including phenoxy) is 1. The van der Waals surface area contributed by atoms with Gasteiger partial charge in [0.05, 0.1) is 19.6 Å². The Balaban J connectivity index is 1.76. The van der Waals surface area contributed by atoms with Crippen molar-refractivity contribution in [1.29, 1.82) is 0 Å². The predicted molar refractivity (Wildman–Crippen MR) is 95.8 cm³/mol. The highest BCUT2D eigenvalue weighted by molar-refractivity contribution is 5.79. The Bertz CT molecular complexity index is 585. The molecule has 25 heavy (non-hydrogen) atoms. The molecule has 6 nitrogen and oxygen atoms in total. The van der Waals surface area contributed by atoms with Gasteiger partial charge in [-0.2, -0.15) is 0 Å². The first-order chi connectivity index (χ1) is 12.0. The normalized spacial score (nSPS) is 19.3. The zero-order valence-corrected chi connectivity index (χ0v) is 15.0. The number of amides is 1. The van der Waals surface area contributed by atoms with Crippen LogP contribution in [-0.4, -0.2) is 53.7 Å². The second-order valence-corrected chi connectivity index (χ2v) is 6.52. The first-order valence-electron chi connectivity index (χ1n) is 8.98. The van der Waals surface area contributed by atoms with Gasteiger partial charge in [-0.25, -0.2) is 0 Å². The van der Waals surface area contributed by atoms with Crippen LogP contribution in [0.3, 0.4) is 0 Å². The van der Waals surface area contributed by atoms with E-state index in [1.165, 1.54) is 0 Å². The number of carboxylic acid groups (broad SMARTS) is 1. The highest BCUT2D eigenvalue weighted by Crippen LogP contribution is 2.25. The molecule has 0 bridgehead atoms. The summed E-state index contributed by atoms with van der Waals surface area (Å²) in [7, 11) is 0. The smallest absolute Gasteiger partial charge is 0.317 e. The molecule has 0 heterocycles. The molecule has 1 amide bonds. The molecule has 0 unspecified atom stereocenters. The van der Waals surface area contributed by atoms with Crippen molar-refractivity contribution in [3.8, 4) is 5.75 Å². The molecule has 6 heteroatoms. The lowest BCUT2D eigenvalue weighted by molar-refractivity contribution is -0.139. The van der Waals surface area contributed by atoms with E-state index in [9.17, 15) is 9.59 Å². The number of nitrogens with zero attached hydrogens (tertiary/aromatic N) is 1. The van der Waals surface area contributed by atoms with Gasteiger partial charge < -0.3 is 15.2 Å². The maximum absolute atomic E-state index is 12.2. The molecule has 2 rings (SSSR count). The first-order valence-corrected chi connectivity index (χ1v) is 8.98. The van der Waals surface area contributed by atoms with E-state index < -0.39 is 5.97 Å². The molecule has 1 saturated carbocycles. The van der Waals surface area contributed by atoms with Gasteiger partial charge in [0.2, 0.25) is 5.91 Å². The second-order valence-electron chi connectivity index (χ2n) is 6.52. The van der Waals surface area contributed by atoms with Gasteiger partial charge in [0.25, 0.3) is 0 Å². The Morgan fingerprint density at radius 3 is 2.72 bits per heavy atom. The van der Waals surface area contributed by atoms with Crippen LogP contribution in [0.4, 0.5) is 0 Å². The number of likely N-dealkylation sites (N-methyl/N-ethyl adjacent to an activating group) is 1. The van der Waals surface area contributed by atoms with Gasteiger partial charge >= 0.3 is 5.97 Å². The third-order valence-electron chi connectivity index (χ3n) is 4.48. The molecular weight excluding hydrogens is 320 g/mol. The van der Waals surface area contributed by atoms with Crippen LogP contribution in [0.25, 0.3) is 0 Å². The molecule has 0 aromatic heterocycles. The predicted octanol–water partition coefficient (Wildman–Crippen LogP) is 2.07. The monoisotopic (exact) mass is 348 g/mol. The quantitative estimate of drug-likeness (QED) is 0.677. The topological polar surface area (TPSA) is 78.9 Å². The van der Waals surface area contributed by atoms with E-state index in [-0.39, 0.29) is 24.5 Å². The van der Waals surface area contributed by atoms with Gasteiger partial charge in [-0.15, -0.1) is 0 Å². The Kier molecular flexibility index (Phi) is 7.25. The number of nitrogens with one attached hydrogen (secondary N) is 1. The zero-order valence-electron chi connectivity index (χ0n) is 15.0. The van der Waals surface area contributed by atoms with Crippen LogP contribution < -0.4 is 10.1 Å². The summed E-state index contributed by atoms with van der Waals surface area (Å²) in [6.45, 7) is 5.46. The lowest BCUT2D eigenvalue weighted by atomic mass is 9.85. The van der Waals surface area contributed by atoms with Gasteiger partial charge in [-0.1, -0.05) is 26.0 Å². The standard InChI is InChI=1S/C19H28N2O4/c1-3-8-25-17-7-5-6-14(9-17)10-18(22)20-15-11-16(12-15)21(4-2)13-19(23)24/h5-7,9,15-16H,3-4,8,10-13H2,1-2H3,(H,20,22)(H,23,24). The van der Waals surface area contributed by atoms with E-state index in [1.54, 1.807) is 0 Å². The van der Waals surface area contributed by atoms with Crippen LogP contribution >= 0.6 is 0 Å². The number of carbonyl (C=O) groups is 2. The second kappa shape index (κ2) is 9.42. The molecule has 1 aliphatic rings. The fraction of sp³-hybridized carbons (Fsp3) is 0.579. The van der Waals surface area contributed by atoms with Crippen LogP contribution in [-0.2, 0) is 16.0 Å². The summed E-state index contributed by atoms with van der Waals surface area (Å²) in [5.41, 5.74) is 0.933. The SMILES string of the molecule is CCCOc1cccc(CC(=O)NC2CC(N(CC)CC(=O)O)C2)c1. The van der Waals surface area contributed by atoms with E-state index in [1.807, 2.05) is 36.1 Å². The molecule has 0 saturated heterocycles. The van der Waals surface area contributed by atoms with Crippen LogP contribution in [0.1, 0.15) is 38.7 Å². The van der Waals surface area contributed by atoms with E-state index in [4.69, 9.17) is 9.84 Å². The van der Waals surface area contributed by atoms with E-state index in [0.717, 1.165) is 30.6 Å². The van der Waals surface area contributed by atoms with Crippen molar-refractivity contribution in [2.75, 3.05) is 19.7 Å². The fourth-order valence-electron chi connectivity index (χ4n) is 3.11. The maximum atomic E-state index is 12.2. The van der Waals surface area contributed by atoms with Crippen LogP contribution in [0, 0.1) is 0 Å². The lowest BCUT2D eigenvalue weighted by Crippen LogP contribution is -2.55. The molecular formula is C19H28N2O4. The summed E-state index contributed by atoms with van der Waals surface area (Å²) in [5, 5.41) is 11.9. The largest absolute Gasteiger partial charge is 0.494 e. The average Bonchev–Trinajstić information content (AvgIpc) is 2.54. The number of aliphatic carboxylic acids is 1. The third-order valence-corrected chi connectivity index (χ3v) is 4.48. The Hall–Kier alpha value is -2.08. The molecule has 0 atom stereocenters. The minimum absolute atomic E-state index is 0.00243. The molecule has 1 aliphatic carbocycles. The van der Waals surface area contributed by atoms with Crippen LogP contribution in [0.5, 0.6) is 5.75 Å². The molecule has 0 aliphatic heterocycles. The van der Waals surface area contributed by atoms with E-state index in [0.29, 0.717) is 19.6 Å². The highest BCUT2D eigenvalue weighted by atomic mass is 16.5. The zero-order chi connectivity index (χ0) is 18.2. The summed E-state index contributed by atoms with van der Waals surface area (Å²) in [6.07, 6.45) is 2.90. The fourth-order valence-corrected chi connectivity index (χ4v) is 3.11. The maximum Gasteiger partial charge on any atom is 0.317 e. The Morgan fingerprint density at radius 1 is 1.32 bits per heavy atom. The van der Waals surface area contributed by atoms with Gasteiger partial charge in [0.15, 0.2) is 0 Å². The first kappa shape index (κ1) is 19.2. The highest BCUT2D eigenvalue weighted by Gasteiger charge is 2.34. The summed E-state index contributed by atoms with van der Waals surface area (Å²) in [4.78, 5) is 25.0. The summed E-state index contributed by atoms with van der Waals surface area (Å²) in [5.74, 6) is -0.0139.